The molecule has 0 aromatic rings. The van der Waals surface area contributed by atoms with Gasteiger partial charge in [0.15, 0.2) is 0 Å². The van der Waals surface area contributed by atoms with E-state index in [1.54, 1.807) is 0 Å². The molecule has 0 amide bonds. The molecule has 0 aliphatic carbocycles. The predicted molar refractivity (Wildman–Crippen MR) is 218 cm³/mol. The Labute approximate surface area is 300 Å². The Bertz CT molecular complexity index is 521. The molecule has 0 rings (SSSR count). The largest absolute Gasteiger partial charge is 0.0876 e. The predicted octanol–water partition coefficient (Wildman–Crippen LogP) is 17.8. The summed E-state index contributed by atoms with van der Waals surface area (Å²) in [4.78, 5) is 0. The van der Waals surface area contributed by atoms with E-state index < -0.39 is 0 Å². The number of hydrogen-bond donors (Lipinski definition) is 0. The highest BCUT2D eigenvalue weighted by molar-refractivity contribution is 5.08. The summed E-state index contributed by atoms with van der Waals surface area (Å²) in [6.07, 6.45) is 69.9. The van der Waals surface area contributed by atoms with Crippen molar-refractivity contribution in [2.45, 2.75) is 271 Å². The molecule has 0 aromatic carbocycles. The molecule has 0 saturated heterocycles. The van der Waals surface area contributed by atoms with Crippen LogP contribution in [-0.4, -0.2) is 0 Å². The van der Waals surface area contributed by atoms with E-state index in [2.05, 4.69) is 44.6 Å². The summed E-state index contributed by atoms with van der Waals surface area (Å²) in [5, 5.41) is 0. The van der Waals surface area contributed by atoms with Crippen LogP contribution in [0.5, 0.6) is 0 Å². The van der Waals surface area contributed by atoms with Crippen LogP contribution in [0.2, 0.25) is 0 Å². The van der Waals surface area contributed by atoms with Gasteiger partial charge in [-0.2, -0.15) is 0 Å². The smallest absolute Gasteiger partial charge is 0.0337 e. The fraction of sp³-hybridized carbons (Fsp3) is 0.894. The van der Waals surface area contributed by atoms with Crippen LogP contribution in [0.15, 0.2) is 24.3 Å². The topological polar surface area (TPSA) is 0 Å². The molecule has 278 valence electrons. The zero-order valence-electron chi connectivity index (χ0n) is 33.1. The van der Waals surface area contributed by atoms with Crippen LogP contribution in [-0.2, 0) is 0 Å². The second-order valence-corrected chi connectivity index (χ2v) is 15.3. The number of unbranched alkanes of at least 4 members (excludes halogenated alkanes) is 38. The SMILES string of the molecule is CCCCCCCCCCCCCCCCCCCCC/C=C/[C]/C=C/CCCCCCCCCCCCCCCCCCCCC. The van der Waals surface area contributed by atoms with Gasteiger partial charge in [0.1, 0.15) is 0 Å². The molecule has 0 atom stereocenters. The third kappa shape index (κ3) is 45.5. The Morgan fingerprint density at radius 3 is 0.596 bits per heavy atom. The van der Waals surface area contributed by atoms with Crippen molar-refractivity contribution in [3.8, 4) is 0 Å². The van der Waals surface area contributed by atoms with Gasteiger partial charge in [0.05, 0.1) is 0 Å². The highest BCUT2D eigenvalue weighted by Crippen LogP contribution is 2.16. The molecule has 0 heteroatoms. The average molecular weight is 655 g/mol. The molecule has 0 fully saturated rings. The molecule has 0 unspecified atom stereocenters. The zero-order chi connectivity index (χ0) is 33.8. The van der Waals surface area contributed by atoms with Crippen LogP contribution in [0, 0.1) is 6.42 Å². The van der Waals surface area contributed by atoms with E-state index in [9.17, 15) is 0 Å². The minimum atomic E-state index is 1.22. The van der Waals surface area contributed by atoms with Gasteiger partial charge in [-0.05, 0) is 25.7 Å². The van der Waals surface area contributed by atoms with Crippen molar-refractivity contribution in [1.82, 2.24) is 0 Å². The van der Waals surface area contributed by atoms with Gasteiger partial charge in [0.25, 0.3) is 0 Å². The second kappa shape index (κ2) is 45.5. The molecule has 0 aromatic heterocycles. The fourth-order valence-corrected chi connectivity index (χ4v) is 7.04. The molecule has 0 aliphatic rings. The van der Waals surface area contributed by atoms with Gasteiger partial charge in [-0.1, -0.05) is 269 Å². The lowest BCUT2D eigenvalue weighted by molar-refractivity contribution is 0.523. The van der Waals surface area contributed by atoms with Gasteiger partial charge < -0.3 is 0 Å². The minimum Gasteiger partial charge on any atom is -0.0876 e. The first-order chi connectivity index (χ1) is 23.4. The van der Waals surface area contributed by atoms with Gasteiger partial charge in [0, 0.05) is 6.42 Å². The standard InChI is InChI=1S/C47H90/c1-3-5-7-9-11-13-15-17-19-21-23-25-27-29-31-33-35-37-39-41-43-45-47-46-44-42-40-38-36-34-32-30-28-26-24-22-20-18-16-14-12-10-8-6-4-2/h43-46H,3-42H2,1-2H3/b45-43+,46-44+. The van der Waals surface area contributed by atoms with Gasteiger partial charge in [-0.15, -0.1) is 0 Å². The zero-order valence-corrected chi connectivity index (χ0v) is 33.1. The Morgan fingerprint density at radius 1 is 0.234 bits per heavy atom. The Kier molecular flexibility index (Phi) is 45.0. The molecular formula is C47H90. The summed E-state index contributed by atoms with van der Waals surface area (Å²) in [7, 11) is 0. The molecule has 47 heavy (non-hydrogen) atoms. The fourth-order valence-electron chi connectivity index (χ4n) is 7.04. The first kappa shape index (κ1) is 46.5. The van der Waals surface area contributed by atoms with E-state index in [1.165, 1.54) is 257 Å². The maximum Gasteiger partial charge on any atom is 0.0337 e. The Balaban J connectivity index is 3.14. The van der Waals surface area contributed by atoms with Crippen LogP contribution >= 0.6 is 0 Å². The van der Waals surface area contributed by atoms with E-state index in [4.69, 9.17) is 0 Å². The van der Waals surface area contributed by atoms with Gasteiger partial charge in [0.2, 0.25) is 0 Å². The third-order valence-electron chi connectivity index (χ3n) is 10.4. The van der Waals surface area contributed by atoms with E-state index in [-0.39, 0.29) is 0 Å². The van der Waals surface area contributed by atoms with Crippen LogP contribution < -0.4 is 0 Å². The Morgan fingerprint density at radius 2 is 0.404 bits per heavy atom. The van der Waals surface area contributed by atoms with Crippen molar-refractivity contribution >= 4 is 0 Å². The summed E-state index contributed by atoms with van der Waals surface area (Å²) in [6, 6.07) is 0. The lowest BCUT2D eigenvalue weighted by atomic mass is 10.0. The van der Waals surface area contributed by atoms with Gasteiger partial charge in [-0.25, -0.2) is 0 Å². The van der Waals surface area contributed by atoms with Gasteiger partial charge >= 0.3 is 0 Å². The lowest BCUT2D eigenvalue weighted by Crippen LogP contribution is -1.84. The molecule has 2 radical (unpaired) electrons. The normalized spacial score (nSPS) is 12.0. The first-order valence-corrected chi connectivity index (χ1v) is 22.5. The molecule has 0 spiro atoms. The third-order valence-corrected chi connectivity index (χ3v) is 10.4. The van der Waals surface area contributed by atoms with E-state index in [0.717, 1.165) is 0 Å². The van der Waals surface area contributed by atoms with E-state index in [1.807, 2.05) is 0 Å². The van der Waals surface area contributed by atoms with Crippen LogP contribution in [0.3, 0.4) is 0 Å². The van der Waals surface area contributed by atoms with Crippen LogP contribution in [0.1, 0.15) is 271 Å². The first-order valence-electron chi connectivity index (χ1n) is 22.5. The van der Waals surface area contributed by atoms with Crippen molar-refractivity contribution < 1.29 is 0 Å². The number of rotatable bonds is 42. The molecule has 0 nitrogen and oxygen atoms in total. The number of allylic oxidation sites excluding steroid dienone is 4. The Hall–Kier alpha value is -0.520. The van der Waals surface area contributed by atoms with Gasteiger partial charge in [-0.3, -0.25) is 0 Å². The van der Waals surface area contributed by atoms with E-state index >= 15 is 0 Å². The second-order valence-electron chi connectivity index (χ2n) is 15.3. The molecular weight excluding hydrogens is 565 g/mol. The van der Waals surface area contributed by atoms with Crippen LogP contribution in [0.4, 0.5) is 0 Å². The quantitative estimate of drug-likeness (QED) is 0.0575. The summed E-state index contributed by atoms with van der Waals surface area (Å²) in [5.41, 5.74) is 0. The summed E-state index contributed by atoms with van der Waals surface area (Å²) in [5.74, 6) is 0. The lowest BCUT2D eigenvalue weighted by Gasteiger charge is -2.04. The molecule has 0 saturated carbocycles. The molecule has 0 bridgehead atoms. The summed E-state index contributed by atoms with van der Waals surface area (Å²) < 4.78 is 0. The summed E-state index contributed by atoms with van der Waals surface area (Å²) in [6.45, 7) is 4.61. The maximum atomic E-state index is 3.35. The van der Waals surface area contributed by atoms with E-state index in [0.29, 0.717) is 0 Å². The van der Waals surface area contributed by atoms with Crippen molar-refractivity contribution in [3.63, 3.8) is 0 Å². The van der Waals surface area contributed by atoms with Crippen LogP contribution in [0.25, 0.3) is 0 Å². The van der Waals surface area contributed by atoms with Crippen molar-refractivity contribution in [3.05, 3.63) is 30.7 Å². The maximum absolute atomic E-state index is 3.35. The molecule has 0 N–H and O–H groups in total. The highest BCUT2D eigenvalue weighted by Gasteiger charge is 1.97. The summed E-state index contributed by atoms with van der Waals surface area (Å²) >= 11 is 0. The monoisotopic (exact) mass is 655 g/mol. The number of hydrogen-bond acceptors (Lipinski definition) is 0. The molecule has 0 heterocycles. The van der Waals surface area contributed by atoms with Crippen molar-refractivity contribution in [1.29, 1.82) is 0 Å². The van der Waals surface area contributed by atoms with Crippen molar-refractivity contribution in [2.24, 2.45) is 0 Å². The van der Waals surface area contributed by atoms with Crippen molar-refractivity contribution in [2.75, 3.05) is 0 Å². The highest BCUT2D eigenvalue weighted by atomic mass is 14.0. The minimum absolute atomic E-state index is 1.22. The molecule has 0 aliphatic heterocycles. The average Bonchev–Trinajstić information content (AvgIpc) is 3.08.